The minimum Gasteiger partial charge on any atom is -0.379 e. The number of morpholine rings is 1. The van der Waals surface area contributed by atoms with Crippen molar-refractivity contribution in [2.75, 3.05) is 39.4 Å². The normalized spacial score (nSPS) is 21.6. The molecule has 5 rings (SSSR count). The Morgan fingerprint density at radius 1 is 1.03 bits per heavy atom. The van der Waals surface area contributed by atoms with E-state index < -0.39 is 0 Å². The van der Waals surface area contributed by atoms with Crippen LogP contribution in [0.15, 0.2) is 67.3 Å². The van der Waals surface area contributed by atoms with Crippen LogP contribution in [0, 0.1) is 0 Å². The van der Waals surface area contributed by atoms with Crippen LogP contribution < -0.4 is 5.32 Å². The molecule has 8 heteroatoms. The van der Waals surface area contributed by atoms with Crippen LogP contribution in [-0.2, 0) is 4.74 Å². The first-order valence-electron chi connectivity index (χ1n) is 11.2. The molecule has 3 aromatic heterocycles. The summed E-state index contributed by atoms with van der Waals surface area (Å²) >= 11 is 5.83. The van der Waals surface area contributed by atoms with Gasteiger partial charge in [0.25, 0.3) is 0 Å². The lowest BCUT2D eigenvalue weighted by Gasteiger charge is -2.31. The number of pyridine rings is 2. The van der Waals surface area contributed by atoms with Gasteiger partial charge in [-0.1, -0.05) is 6.07 Å². The molecule has 1 N–H and O–H groups in total. The molecule has 0 radical (unpaired) electrons. The van der Waals surface area contributed by atoms with E-state index in [1.165, 1.54) is 5.69 Å². The van der Waals surface area contributed by atoms with Gasteiger partial charge in [-0.15, -0.1) is 0 Å². The zero-order chi connectivity index (χ0) is 21.8. The van der Waals surface area contributed by atoms with Crippen LogP contribution in [0.5, 0.6) is 0 Å². The molecule has 2 aliphatic heterocycles. The largest absolute Gasteiger partial charge is 0.379 e. The number of ether oxygens (including phenoxy) is 1. The molecular formula is C24H28N6OS. The number of nitrogens with one attached hydrogen (secondary N) is 1. The van der Waals surface area contributed by atoms with E-state index in [9.17, 15) is 0 Å². The highest BCUT2D eigenvalue weighted by Crippen LogP contribution is 2.39. The Morgan fingerprint density at radius 3 is 2.72 bits per heavy atom. The molecule has 7 nitrogen and oxygen atoms in total. The van der Waals surface area contributed by atoms with Gasteiger partial charge in [0.15, 0.2) is 5.11 Å². The lowest BCUT2D eigenvalue weighted by Crippen LogP contribution is -2.39. The van der Waals surface area contributed by atoms with Gasteiger partial charge in [0.05, 0.1) is 42.9 Å². The standard InChI is InChI=1S/C24H28N6OS/c32-24-27-22(20-7-1-2-10-26-20)23(30(24)13-5-11-28-14-16-31-17-15-28)21-8-4-12-29(21)19-6-3-9-25-18-19/h1-4,6-10,12,18,22-23H,5,11,13-17H2,(H,27,32)/t22-,23+/m0/s1. The van der Waals surface area contributed by atoms with Crippen molar-refractivity contribution in [1.29, 1.82) is 0 Å². The third-order valence-electron chi connectivity index (χ3n) is 6.18. The van der Waals surface area contributed by atoms with Crippen molar-refractivity contribution in [1.82, 2.24) is 29.7 Å². The summed E-state index contributed by atoms with van der Waals surface area (Å²) in [4.78, 5) is 13.8. The van der Waals surface area contributed by atoms with E-state index in [2.05, 4.69) is 60.1 Å². The predicted octanol–water partition coefficient (Wildman–Crippen LogP) is 2.96. The fourth-order valence-electron chi connectivity index (χ4n) is 4.62. The molecule has 5 heterocycles. The Morgan fingerprint density at radius 2 is 1.94 bits per heavy atom. The van der Waals surface area contributed by atoms with Crippen LogP contribution in [0.3, 0.4) is 0 Å². The molecule has 0 aliphatic carbocycles. The van der Waals surface area contributed by atoms with Crippen LogP contribution in [0.2, 0.25) is 0 Å². The maximum Gasteiger partial charge on any atom is 0.170 e. The maximum absolute atomic E-state index is 5.83. The molecule has 2 aliphatic rings. The first-order valence-corrected chi connectivity index (χ1v) is 11.6. The molecule has 166 valence electrons. The fraction of sp³-hybridized carbons (Fsp3) is 0.375. The van der Waals surface area contributed by atoms with Crippen LogP contribution in [0.25, 0.3) is 5.69 Å². The van der Waals surface area contributed by atoms with Crippen molar-refractivity contribution in [3.8, 4) is 5.69 Å². The zero-order valence-corrected chi connectivity index (χ0v) is 18.8. The molecule has 0 aromatic carbocycles. The topological polar surface area (TPSA) is 58.5 Å². The van der Waals surface area contributed by atoms with Gasteiger partial charge in [-0.05, 0) is 55.0 Å². The van der Waals surface area contributed by atoms with Gasteiger partial charge in [-0.2, -0.15) is 0 Å². The molecule has 0 bridgehead atoms. The summed E-state index contributed by atoms with van der Waals surface area (Å²) in [5.74, 6) is 0. The van der Waals surface area contributed by atoms with Gasteiger partial charge in [-0.3, -0.25) is 14.9 Å². The molecule has 2 fully saturated rings. The monoisotopic (exact) mass is 448 g/mol. The quantitative estimate of drug-likeness (QED) is 0.558. The number of rotatable bonds is 7. The summed E-state index contributed by atoms with van der Waals surface area (Å²) in [5.41, 5.74) is 3.21. The third kappa shape index (κ3) is 4.39. The number of nitrogens with zero attached hydrogens (tertiary/aromatic N) is 5. The second-order valence-corrected chi connectivity index (χ2v) is 8.53. The number of hydrogen-bond acceptors (Lipinski definition) is 5. The molecule has 32 heavy (non-hydrogen) atoms. The van der Waals surface area contributed by atoms with Crippen molar-refractivity contribution in [2.24, 2.45) is 0 Å². The van der Waals surface area contributed by atoms with E-state index >= 15 is 0 Å². The smallest absolute Gasteiger partial charge is 0.170 e. The summed E-state index contributed by atoms with van der Waals surface area (Å²) < 4.78 is 7.69. The van der Waals surface area contributed by atoms with Gasteiger partial charge in [0, 0.05) is 50.5 Å². The van der Waals surface area contributed by atoms with Crippen molar-refractivity contribution in [3.05, 3.63) is 78.6 Å². The van der Waals surface area contributed by atoms with Crippen molar-refractivity contribution in [3.63, 3.8) is 0 Å². The summed E-state index contributed by atoms with van der Waals surface area (Å²) in [5, 5.41) is 4.34. The summed E-state index contributed by atoms with van der Waals surface area (Å²) in [6.07, 6.45) is 8.67. The lowest BCUT2D eigenvalue weighted by molar-refractivity contribution is 0.0365. The Labute approximate surface area is 194 Å². The highest BCUT2D eigenvalue weighted by Gasteiger charge is 2.41. The predicted molar refractivity (Wildman–Crippen MR) is 128 cm³/mol. The second-order valence-electron chi connectivity index (χ2n) is 8.14. The van der Waals surface area contributed by atoms with E-state index in [-0.39, 0.29) is 12.1 Å². The van der Waals surface area contributed by atoms with Gasteiger partial charge in [0.2, 0.25) is 0 Å². The molecule has 0 spiro atoms. The fourth-order valence-corrected chi connectivity index (χ4v) is 4.96. The van der Waals surface area contributed by atoms with Gasteiger partial charge in [0.1, 0.15) is 0 Å². The summed E-state index contributed by atoms with van der Waals surface area (Å²) in [7, 11) is 0. The Bertz CT molecular complexity index is 1020. The number of aromatic nitrogens is 3. The highest BCUT2D eigenvalue weighted by molar-refractivity contribution is 7.80. The molecule has 0 amide bonds. The Balaban J connectivity index is 1.43. The Hall–Kier alpha value is -2.81. The summed E-state index contributed by atoms with van der Waals surface area (Å²) in [6.45, 7) is 5.60. The SMILES string of the molecule is S=C1N[C@@H](c2ccccn2)[C@@H](c2cccn2-c2cccnc2)N1CCCN1CCOCC1. The first kappa shape index (κ1) is 21.1. The second kappa shape index (κ2) is 9.77. The van der Waals surface area contributed by atoms with Gasteiger partial charge >= 0.3 is 0 Å². The van der Waals surface area contributed by atoms with E-state index in [1.807, 2.05) is 30.6 Å². The molecule has 2 saturated heterocycles. The molecule has 2 atom stereocenters. The van der Waals surface area contributed by atoms with E-state index in [4.69, 9.17) is 17.0 Å². The molecular weight excluding hydrogens is 420 g/mol. The first-order chi connectivity index (χ1) is 15.8. The number of thiocarbonyl (C=S) groups is 1. The van der Waals surface area contributed by atoms with Crippen molar-refractivity contribution >= 4 is 17.3 Å². The minimum absolute atomic E-state index is 0.0163. The van der Waals surface area contributed by atoms with E-state index in [0.717, 1.165) is 62.3 Å². The zero-order valence-electron chi connectivity index (χ0n) is 18.0. The average molecular weight is 449 g/mol. The average Bonchev–Trinajstić information content (AvgIpc) is 3.45. The van der Waals surface area contributed by atoms with Crippen LogP contribution in [0.4, 0.5) is 0 Å². The lowest BCUT2D eigenvalue weighted by atomic mass is 10.0. The van der Waals surface area contributed by atoms with Crippen molar-refractivity contribution in [2.45, 2.75) is 18.5 Å². The maximum atomic E-state index is 5.83. The van der Waals surface area contributed by atoms with Crippen LogP contribution in [-0.4, -0.2) is 68.8 Å². The van der Waals surface area contributed by atoms with Gasteiger partial charge in [-0.25, -0.2) is 0 Å². The van der Waals surface area contributed by atoms with Gasteiger partial charge < -0.3 is 19.5 Å². The van der Waals surface area contributed by atoms with E-state index in [0.29, 0.717) is 0 Å². The Kier molecular flexibility index (Phi) is 6.43. The van der Waals surface area contributed by atoms with Crippen LogP contribution in [0.1, 0.15) is 29.9 Å². The molecule has 0 saturated carbocycles. The minimum atomic E-state index is -0.0163. The molecule has 0 unspecified atom stereocenters. The van der Waals surface area contributed by atoms with Crippen molar-refractivity contribution < 1.29 is 4.74 Å². The molecule has 3 aromatic rings. The summed E-state index contributed by atoms with van der Waals surface area (Å²) in [6, 6.07) is 14.4. The number of hydrogen-bond donors (Lipinski definition) is 1. The third-order valence-corrected chi connectivity index (χ3v) is 6.53. The van der Waals surface area contributed by atoms with E-state index in [1.54, 1.807) is 6.20 Å². The highest BCUT2D eigenvalue weighted by atomic mass is 32.1. The van der Waals surface area contributed by atoms with Crippen LogP contribution >= 0.6 is 12.2 Å².